The lowest BCUT2D eigenvalue weighted by Crippen LogP contribution is -2.29. The Bertz CT molecular complexity index is 919. The maximum Gasteiger partial charge on any atom is 0.345 e. The zero-order chi connectivity index (χ0) is 19.2. The molecule has 0 aliphatic rings. The summed E-state index contributed by atoms with van der Waals surface area (Å²) < 4.78 is 11.7. The summed E-state index contributed by atoms with van der Waals surface area (Å²) in [5, 5.41) is 9.63. The maximum atomic E-state index is 11.8. The smallest absolute Gasteiger partial charge is 0.345 e. The van der Waals surface area contributed by atoms with Gasteiger partial charge in [0.1, 0.15) is 17.2 Å². The molecule has 3 aromatic rings. The van der Waals surface area contributed by atoms with Crippen LogP contribution in [-0.2, 0) is 11.2 Å². The van der Waals surface area contributed by atoms with Crippen LogP contribution in [-0.4, -0.2) is 17.2 Å². The molecule has 0 bridgehead atoms. The van der Waals surface area contributed by atoms with Crippen LogP contribution in [0.5, 0.6) is 17.2 Å². The highest BCUT2D eigenvalue weighted by Gasteiger charge is 2.22. The highest BCUT2D eigenvalue weighted by Crippen LogP contribution is 2.27. The van der Waals surface area contributed by atoms with Crippen LogP contribution in [0.1, 0.15) is 16.7 Å². The maximum absolute atomic E-state index is 11.8. The summed E-state index contributed by atoms with van der Waals surface area (Å²) in [6.45, 7) is 3.98. The van der Waals surface area contributed by atoms with Gasteiger partial charge in [-0.1, -0.05) is 42.5 Å². The molecule has 0 aliphatic carbocycles. The lowest BCUT2D eigenvalue weighted by molar-refractivity contribution is -0.145. The number of aryl methyl sites for hydroxylation is 2. The summed E-state index contributed by atoms with van der Waals surface area (Å²) in [6.07, 6.45) is -0.807. The number of carboxylic acids is 1. The van der Waals surface area contributed by atoms with Crippen molar-refractivity contribution >= 4 is 5.97 Å². The predicted octanol–water partition coefficient (Wildman–Crippen LogP) is 5.17. The van der Waals surface area contributed by atoms with Crippen molar-refractivity contribution in [2.24, 2.45) is 0 Å². The quantitative estimate of drug-likeness (QED) is 0.630. The largest absolute Gasteiger partial charge is 0.478 e. The Kier molecular flexibility index (Phi) is 5.77. The number of aliphatic carboxylic acids is 1. The zero-order valence-electron chi connectivity index (χ0n) is 15.4. The number of hydrogen-bond donors (Lipinski definition) is 1. The van der Waals surface area contributed by atoms with Crippen LogP contribution < -0.4 is 9.47 Å². The topological polar surface area (TPSA) is 55.8 Å². The number of para-hydroxylation sites is 2. The third-order valence-electron chi connectivity index (χ3n) is 4.38. The van der Waals surface area contributed by atoms with Crippen LogP contribution in [0.15, 0.2) is 72.8 Å². The summed E-state index contributed by atoms with van der Waals surface area (Å²) in [5.41, 5.74) is 2.97. The van der Waals surface area contributed by atoms with Crippen molar-refractivity contribution in [3.63, 3.8) is 0 Å². The molecule has 4 nitrogen and oxygen atoms in total. The standard InChI is InChI=1S/C23H22O4/c1-16-12-13-20(14-17(16)2)27-22(23(24)25)15-18-8-6-7-11-21(18)26-19-9-4-3-5-10-19/h3-14,22H,15H2,1-2H3,(H,24,25). The van der Waals surface area contributed by atoms with Gasteiger partial charge in [0.05, 0.1) is 0 Å². The molecular weight excluding hydrogens is 340 g/mol. The van der Waals surface area contributed by atoms with Gasteiger partial charge in [-0.25, -0.2) is 4.79 Å². The first-order valence-corrected chi connectivity index (χ1v) is 8.80. The molecule has 0 saturated heterocycles. The van der Waals surface area contributed by atoms with Crippen LogP contribution in [0.25, 0.3) is 0 Å². The van der Waals surface area contributed by atoms with E-state index in [0.717, 1.165) is 16.7 Å². The molecule has 0 aromatic heterocycles. The van der Waals surface area contributed by atoms with E-state index in [0.29, 0.717) is 17.2 Å². The molecule has 0 spiro atoms. The van der Waals surface area contributed by atoms with Gasteiger partial charge in [-0.2, -0.15) is 0 Å². The minimum atomic E-state index is -1.01. The van der Waals surface area contributed by atoms with Gasteiger partial charge in [0.25, 0.3) is 0 Å². The van der Waals surface area contributed by atoms with Gasteiger partial charge < -0.3 is 14.6 Å². The Morgan fingerprint density at radius 2 is 1.59 bits per heavy atom. The summed E-state index contributed by atoms with van der Waals surface area (Å²) >= 11 is 0. The van der Waals surface area contributed by atoms with Crippen LogP contribution >= 0.6 is 0 Å². The molecular formula is C23H22O4. The van der Waals surface area contributed by atoms with Crippen LogP contribution in [0.2, 0.25) is 0 Å². The van der Waals surface area contributed by atoms with Crippen molar-refractivity contribution in [1.82, 2.24) is 0 Å². The number of ether oxygens (including phenoxy) is 2. The second-order valence-electron chi connectivity index (χ2n) is 6.42. The highest BCUT2D eigenvalue weighted by molar-refractivity contribution is 5.73. The van der Waals surface area contributed by atoms with Crippen molar-refractivity contribution < 1.29 is 19.4 Å². The molecule has 0 amide bonds. The molecule has 4 heteroatoms. The SMILES string of the molecule is Cc1ccc(OC(Cc2ccccc2Oc2ccccc2)C(=O)O)cc1C. The number of hydrogen-bond acceptors (Lipinski definition) is 3. The van der Waals surface area contributed by atoms with Crippen LogP contribution in [0.4, 0.5) is 0 Å². The Morgan fingerprint density at radius 3 is 2.30 bits per heavy atom. The van der Waals surface area contributed by atoms with E-state index in [9.17, 15) is 9.90 Å². The van der Waals surface area contributed by atoms with Gasteiger partial charge in [-0.3, -0.25) is 0 Å². The molecule has 1 unspecified atom stereocenters. The number of rotatable bonds is 7. The third-order valence-corrected chi connectivity index (χ3v) is 4.38. The number of benzene rings is 3. The zero-order valence-corrected chi connectivity index (χ0v) is 15.4. The molecule has 138 valence electrons. The van der Waals surface area contributed by atoms with Gasteiger partial charge in [-0.15, -0.1) is 0 Å². The van der Waals surface area contributed by atoms with Crippen molar-refractivity contribution in [3.05, 3.63) is 89.5 Å². The van der Waals surface area contributed by atoms with Gasteiger partial charge >= 0.3 is 5.97 Å². The fraction of sp³-hybridized carbons (Fsp3) is 0.174. The van der Waals surface area contributed by atoms with Crippen molar-refractivity contribution in [2.45, 2.75) is 26.4 Å². The van der Waals surface area contributed by atoms with Gasteiger partial charge in [0, 0.05) is 6.42 Å². The van der Waals surface area contributed by atoms with E-state index in [1.54, 1.807) is 6.07 Å². The fourth-order valence-electron chi connectivity index (χ4n) is 2.72. The molecule has 0 aliphatic heterocycles. The summed E-state index contributed by atoms with van der Waals surface area (Å²) in [5.74, 6) is 0.861. The molecule has 27 heavy (non-hydrogen) atoms. The average molecular weight is 362 g/mol. The van der Waals surface area contributed by atoms with E-state index in [1.807, 2.05) is 80.6 Å². The minimum absolute atomic E-state index is 0.200. The average Bonchev–Trinajstić information content (AvgIpc) is 2.66. The normalized spacial score (nSPS) is 11.6. The molecule has 0 heterocycles. The second kappa shape index (κ2) is 8.41. The molecule has 0 fully saturated rings. The van der Waals surface area contributed by atoms with E-state index >= 15 is 0 Å². The minimum Gasteiger partial charge on any atom is -0.478 e. The molecule has 3 aromatic carbocycles. The summed E-state index contributed by atoms with van der Waals surface area (Å²) in [6, 6.07) is 22.4. The van der Waals surface area contributed by atoms with E-state index < -0.39 is 12.1 Å². The first-order valence-electron chi connectivity index (χ1n) is 8.80. The van der Waals surface area contributed by atoms with Gasteiger partial charge in [0.2, 0.25) is 0 Å². The Hall–Kier alpha value is -3.27. The summed E-state index contributed by atoms with van der Waals surface area (Å²) in [4.78, 5) is 11.8. The Labute approximate surface area is 159 Å². The van der Waals surface area contributed by atoms with E-state index in [-0.39, 0.29) is 6.42 Å². The fourth-order valence-corrected chi connectivity index (χ4v) is 2.72. The lowest BCUT2D eigenvalue weighted by atomic mass is 10.1. The highest BCUT2D eigenvalue weighted by atomic mass is 16.5. The molecule has 1 N–H and O–H groups in total. The Balaban J connectivity index is 1.80. The second-order valence-corrected chi connectivity index (χ2v) is 6.42. The first-order chi connectivity index (χ1) is 13.0. The van der Waals surface area contributed by atoms with Crippen molar-refractivity contribution in [2.75, 3.05) is 0 Å². The van der Waals surface area contributed by atoms with Crippen molar-refractivity contribution in [3.8, 4) is 17.2 Å². The van der Waals surface area contributed by atoms with Crippen LogP contribution in [0.3, 0.4) is 0 Å². The molecule has 0 saturated carbocycles. The number of carbonyl (C=O) groups is 1. The summed E-state index contributed by atoms with van der Waals surface area (Å²) in [7, 11) is 0. The molecule has 0 radical (unpaired) electrons. The van der Waals surface area contributed by atoms with Gasteiger partial charge in [0.15, 0.2) is 6.10 Å². The predicted molar refractivity (Wildman–Crippen MR) is 105 cm³/mol. The molecule has 3 rings (SSSR count). The monoisotopic (exact) mass is 362 g/mol. The first kappa shape index (κ1) is 18.5. The lowest BCUT2D eigenvalue weighted by Gasteiger charge is -2.18. The molecule has 1 atom stereocenters. The van der Waals surface area contributed by atoms with Crippen molar-refractivity contribution in [1.29, 1.82) is 0 Å². The van der Waals surface area contributed by atoms with E-state index in [2.05, 4.69) is 0 Å². The third kappa shape index (κ3) is 4.88. The van der Waals surface area contributed by atoms with Crippen LogP contribution in [0, 0.1) is 13.8 Å². The van der Waals surface area contributed by atoms with E-state index in [1.165, 1.54) is 0 Å². The van der Waals surface area contributed by atoms with Gasteiger partial charge in [-0.05, 0) is 60.9 Å². The van der Waals surface area contributed by atoms with E-state index in [4.69, 9.17) is 9.47 Å². The Morgan fingerprint density at radius 1 is 0.889 bits per heavy atom. The number of carboxylic acid groups (broad SMARTS) is 1.